The van der Waals surface area contributed by atoms with Gasteiger partial charge in [-0.2, -0.15) is 0 Å². The van der Waals surface area contributed by atoms with Crippen LogP contribution < -0.4 is 4.74 Å². The van der Waals surface area contributed by atoms with Crippen LogP contribution in [0.1, 0.15) is 26.2 Å². The topological polar surface area (TPSA) is 32.7 Å². The lowest BCUT2D eigenvalue weighted by atomic mass is 10.0. The van der Waals surface area contributed by atoms with Crippen molar-refractivity contribution in [2.45, 2.75) is 38.3 Å². The third-order valence-corrected chi connectivity index (χ3v) is 4.23. The second-order valence-electron chi connectivity index (χ2n) is 5.50. The monoisotopic (exact) mass is 363 g/mol. The fraction of sp³-hybridized carbons (Fsp3) is 0.600. The van der Waals surface area contributed by atoms with Crippen molar-refractivity contribution in [1.29, 1.82) is 0 Å². The minimum absolute atomic E-state index is 0.126. The number of aliphatic hydroxyl groups is 1. The van der Waals surface area contributed by atoms with Crippen molar-refractivity contribution in [2.24, 2.45) is 0 Å². The first-order valence-corrected chi connectivity index (χ1v) is 7.96. The van der Waals surface area contributed by atoms with Crippen molar-refractivity contribution in [3.05, 3.63) is 28.2 Å². The van der Waals surface area contributed by atoms with E-state index in [1.165, 1.54) is 6.42 Å². The SMILES string of the molecule is CC1CCCCN1CC(O)COc1c(F)cc(Br)cc1F. The van der Waals surface area contributed by atoms with Crippen LogP contribution in [0.3, 0.4) is 0 Å². The quantitative estimate of drug-likeness (QED) is 0.870. The van der Waals surface area contributed by atoms with Gasteiger partial charge >= 0.3 is 0 Å². The van der Waals surface area contributed by atoms with Crippen LogP contribution >= 0.6 is 15.9 Å². The molecule has 2 rings (SSSR count). The van der Waals surface area contributed by atoms with Gasteiger partial charge in [0.05, 0.1) is 0 Å². The molecule has 0 radical (unpaired) electrons. The number of halogens is 3. The van der Waals surface area contributed by atoms with Gasteiger partial charge in [-0.15, -0.1) is 0 Å². The predicted octanol–water partition coefficient (Wildman–Crippen LogP) is 3.34. The molecule has 2 unspecified atom stereocenters. The summed E-state index contributed by atoms with van der Waals surface area (Å²) in [7, 11) is 0. The molecular formula is C15H20BrF2NO2. The van der Waals surface area contributed by atoms with Crippen LogP contribution in [-0.2, 0) is 0 Å². The first-order chi connectivity index (χ1) is 9.97. The largest absolute Gasteiger partial charge is 0.485 e. The van der Waals surface area contributed by atoms with Gasteiger partial charge in [0.1, 0.15) is 12.7 Å². The van der Waals surface area contributed by atoms with E-state index in [-0.39, 0.29) is 6.61 Å². The number of rotatable bonds is 5. The minimum Gasteiger partial charge on any atom is -0.485 e. The van der Waals surface area contributed by atoms with Gasteiger partial charge in [-0.3, -0.25) is 4.90 Å². The van der Waals surface area contributed by atoms with E-state index in [1.807, 2.05) is 0 Å². The summed E-state index contributed by atoms with van der Waals surface area (Å²) >= 11 is 3.01. The number of benzene rings is 1. The number of aliphatic hydroxyl groups excluding tert-OH is 1. The molecule has 1 saturated heterocycles. The van der Waals surface area contributed by atoms with Gasteiger partial charge in [0.25, 0.3) is 0 Å². The fourth-order valence-electron chi connectivity index (χ4n) is 2.60. The summed E-state index contributed by atoms with van der Waals surface area (Å²) in [6, 6.07) is 2.70. The highest BCUT2D eigenvalue weighted by atomic mass is 79.9. The second kappa shape index (κ2) is 7.51. The Morgan fingerprint density at radius 3 is 2.67 bits per heavy atom. The molecule has 1 aliphatic heterocycles. The number of likely N-dealkylation sites (tertiary alicyclic amines) is 1. The summed E-state index contributed by atoms with van der Waals surface area (Å²) < 4.78 is 32.6. The summed E-state index contributed by atoms with van der Waals surface area (Å²) in [6.45, 7) is 3.40. The highest BCUT2D eigenvalue weighted by Gasteiger charge is 2.21. The Kier molecular flexibility index (Phi) is 5.96. The predicted molar refractivity (Wildman–Crippen MR) is 80.4 cm³/mol. The van der Waals surface area contributed by atoms with Crippen molar-refractivity contribution in [3.63, 3.8) is 0 Å². The molecule has 0 saturated carbocycles. The third-order valence-electron chi connectivity index (χ3n) is 3.77. The highest BCUT2D eigenvalue weighted by molar-refractivity contribution is 9.10. The molecule has 0 spiro atoms. The molecule has 1 heterocycles. The van der Waals surface area contributed by atoms with Crippen molar-refractivity contribution >= 4 is 15.9 Å². The summed E-state index contributed by atoms with van der Waals surface area (Å²) in [6.07, 6.45) is 2.67. The number of hydrogen-bond donors (Lipinski definition) is 1. The smallest absolute Gasteiger partial charge is 0.190 e. The first kappa shape index (κ1) is 16.6. The van der Waals surface area contributed by atoms with Crippen molar-refractivity contribution in [3.8, 4) is 5.75 Å². The van der Waals surface area contributed by atoms with Gasteiger partial charge in [0.15, 0.2) is 17.4 Å². The van der Waals surface area contributed by atoms with Crippen LogP contribution in [0.2, 0.25) is 0 Å². The lowest BCUT2D eigenvalue weighted by molar-refractivity contribution is 0.0418. The highest BCUT2D eigenvalue weighted by Crippen LogP contribution is 2.26. The summed E-state index contributed by atoms with van der Waals surface area (Å²) in [4.78, 5) is 2.19. The van der Waals surface area contributed by atoms with Crippen LogP contribution in [0.5, 0.6) is 5.75 Å². The molecular weight excluding hydrogens is 344 g/mol. The molecule has 1 N–H and O–H groups in total. The normalized spacial score (nSPS) is 21.3. The molecule has 0 aliphatic carbocycles. The molecule has 0 aromatic heterocycles. The van der Waals surface area contributed by atoms with E-state index in [1.54, 1.807) is 0 Å². The molecule has 118 valence electrons. The fourth-order valence-corrected chi connectivity index (χ4v) is 3.00. The number of nitrogens with zero attached hydrogens (tertiary/aromatic N) is 1. The molecule has 1 aliphatic rings. The molecule has 3 nitrogen and oxygen atoms in total. The van der Waals surface area contributed by atoms with Gasteiger partial charge < -0.3 is 9.84 Å². The first-order valence-electron chi connectivity index (χ1n) is 7.17. The van der Waals surface area contributed by atoms with Crippen molar-refractivity contribution < 1.29 is 18.6 Å². The molecule has 1 fully saturated rings. The summed E-state index contributed by atoms with van der Waals surface area (Å²) in [5.41, 5.74) is 0. The molecule has 6 heteroatoms. The Hall–Kier alpha value is -0.720. The summed E-state index contributed by atoms with van der Waals surface area (Å²) in [5.74, 6) is -2.00. The molecule has 1 aromatic rings. The summed E-state index contributed by atoms with van der Waals surface area (Å²) in [5, 5.41) is 10.00. The van der Waals surface area contributed by atoms with E-state index in [2.05, 4.69) is 27.8 Å². The maximum atomic E-state index is 13.6. The minimum atomic E-state index is -0.777. The maximum absolute atomic E-state index is 13.6. The number of β-amino-alcohol motifs (C(OH)–C–C–N with tert-alkyl or cyclic N) is 1. The maximum Gasteiger partial charge on any atom is 0.190 e. The lowest BCUT2D eigenvalue weighted by Gasteiger charge is -2.34. The molecule has 0 bridgehead atoms. The van der Waals surface area contributed by atoms with Crippen LogP contribution in [0.15, 0.2) is 16.6 Å². The molecule has 21 heavy (non-hydrogen) atoms. The van der Waals surface area contributed by atoms with Crippen LogP contribution in [0.4, 0.5) is 8.78 Å². The third kappa shape index (κ3) is 4.63. The molecule has 0 amide bonds. The van der Waals surface area contributed by atoms with Gasteiger partial charge in [-0.05, 0) is 38.4 Å². The van der Waals surface area contributed by atoms with Crippen molar-refractivity contribution in [1.82, 2.24) is 4.90 Å². The van der Waals surface area contributed by atoms with Crippen LogP contribution in [0.25, 0.3) is 0 Å². The van der Waals surface area contributed by atoms with E-state index in [9.17, 15) is 13.9 Å². The van der Waals surface area contributed by atoms with Crippen LogP contribution in [0, 0.1) is 11.6 Å². The van der Waals surface area contributed by atoms with Gasteiger partial charge in [0.2, 0.25) is 0 Å². The average Bonchev–Trinajstić information content (AvgIpc) is 2.40. The number of hydrogen-bond acceptors (Lipinski definition) is 3. The number of piperidine rings is 1. The van der Waals surface area contributed by atoms with Crippen LogP contribution in [-0.4, -0.2) is 41.8 Å². The van der Waals surface area contributed by atoms with E-state index in [0.717, 1.165) is 31.5 Å². The Bertz CT molecular complexity index is 464. The van der Waals surface area contributed by atoms with Gasteiger partial charge in [-0.25, -0.2) is 8.78 Å². The molecule has 2 atom stereocenters. The van der Waals surface area contributed by atoms with E-state index < -0.39 is 23.5 Å². The zero-order valence-corrected chi connectivity index (χ0v) is 13.6. The van der Waals surface area contributed by atoms with Gasteiger partial charge in [-0.1, -0.05) is 22.4 Å². The zero-order valence-electron chi connectivity index (χ0n) is 12.0. The Morgan fingerprint density at radius 2 is 2.05 bits per heavy atom. The lowest BCUT2D eigenvalue weighted by Crippen LogP contribution is -2.43. The Balaban J connectivity index is 1.88. The average molecular weight is 364 g/mol. The van der Waals surface area contributed by atoms with E-state index in [0.29, 0.717) is 17.1 Å². The Morgan fingerprint density at radius 1 is 1.38 bits per heavy atom. The standard InChI is InChI=1S/C15H20BrF2NO2/c1-10-4-2-3-5-19(10)8-12(20)9-21-15-13(17)6-11(16)7-14(15)18/h6-7,10,12,20H,2-5,8-9H2,1H3. The van der Waals surface area contributed by atoms with Crippen molar-refractivity contribution in [2.75, 3.05) is 19.7 Å². The zero-order chi connectivity index (χ0) is 15.4. The number of ether oxygens (including phenoxy) is 1. The van der Waals surface area contributed by atoms with Gasteiger partial charge in [0, 0.05) is 17.1 Å². The van der Waals surface area contributed by atoms with E-state index in [4.69, 9.17) is 4.74 Å². The second-order valence-corrected chi connectivity index (χ2v) is 6.42. The molecule has 1 aromatic carbocycles. The Labute approximate surface area is 132 Å². The van der Waals surface area contributed by atoms with E-state index >= 15 is 0 Å².